The van der Waals surface area contributed by atoms with Crippen molar-refractivity contribution < 1.29 is 0 Å². The highest BCUT2D eigenvalue weighted by molar-refractivity contribution is 6.26. The molecule has 10 aromatic rings. The molecular formula is C54H34N2. The van der Waals surface area contributed by atoms with Crippen LogP contribution >= 0.6 is 0 Å². The molecular weight excluding hydrogens is 677 g/mol. The first-order valence-corrected chi connectivity index (χ1v) is 19.6. The van der Waals surface area contributed by atoms with Crippen molar-refractivity contribution in [3.05, 3.63) is 222 Å². The molecule has 2 heteroatoms. The smallest absolute Gasteiger partial charge is 0.130 e. The van der Waals surface area contributed by atoms with Gasteiger partial charge in [0.25, 0.3) is 0 Å². The van der Waals surface area contributed by atoms with Crippen LogP contribution in [0.2, 0.25) is 0 Å². The van der Waals surface area contributed by atoms with E-state index in [0.29, 0.717) is 0 Å². The third kappa shape index (κ3) is 3.80. The van der Waals surface area contributed by atoms with E-state index in [2.05, 4.69) is 204 Å². The number of benzene rings is 10. The maximum atomic E-state index is 3.96. The Bertz CT molecular complexity index is 3320. The summed E-state index contributed by atoms with van der Waals surface area (Å²) in [5, 5.41) is 14.3. The molecule has 2 atom stereocenters. The van der Waals surface area contributed by atoms with Gasteiger partial charge in [-0.1, -0.05) is 152 Å². The molecule has 1 spiro atoms. The third-order valence-corrected chi connectivity index (χ3v) is 13.0. The van der Waals surface area contributed by atoms with E-state index in [1.54, 1.807) is 0 Å². The second-order valence-electron chi connectivity index (χ2n) is 15.6. The van der Waals surface area contributed by atoms with Gasteiger partial charge in [0.05, 0.1) is 16.8 Å². The molecule has 1 aliphatic heterocycles. The molecule has 10 aromatic carbocycles. The van der Waals surface area contributed by atoms with Gasteiger partial charge in [0.1, 0.15) is 6.17 Å². The van der Waals surface area contributed by atoms with Crippen LogP contribution in [0.5, 0.6) is 0 Å². The lowest BCUT2D eigenvalue weighted by molar-refractivity contribution is 0.780. The SMILES string of the molecule is c1ccc2c(c1)NC(c1ccc3c(c1)C1(c4ccccc4-3)c3ccccc3-c3cc4c5ccccc5c5ccccc5c4cc31)N2c1ccc2ccccc2c1. The zero-order valence-corrected chi connectivity index (χ0v) is 30.5. The van der Waals surface area contributed by atoms with Crippen LogP contribution in [0, 0.1) is 0 Å². The minimum absolute atomic E-state index is 0.0948. The van der Waals surface area contributed by atoms with E-state index in [1.165, 1.54) is 105 Å². The molecule has 2 nitrogen and oxygen atoms in total. The third-order valence-electron chi connectivity index (χ3n) is 13.0. The second kappa shape index (κ2) is 11.0. The predicted molar refractivity (Wildman–Crippen MR) is 234 cm³/mol. The summed E-state index contributed by atoms with van der Waals surface area (Å²) in [4.78, 5) is 2.49. The van der Waals surface area contributed by atoms with Gasteiger partial charge < -0.3 is 10.2 Å². The first-order chi connectivity index (χ1) is 27.8. The lowest BCUT2D eigenvalue weighted by Crippen LogP contribution is -2.27. The van der Waals surface area contributed by atoms with Gasteiger partial charge in [-0.2, -0.15) is 0 Å². The Morgan fingerprint density at radius 2 is 0.929 bits per heavy atom. The normalized spacial score (nSPS) is 17.3. The van der Waals surface area contributed by atoms with Crippen molar-refractivity contribution in [1.82, 2.24) is 0 Å². The van der Waals surface area contributed by atoms with E-state index in [1.807, 2.05) is 0 Å². The van der Waals surface area contributed by atoms with E-state index in [9.17, 15) is 0 Å². The van der Waals surface area contributed by atoms with Crippen LogP contribution < -0.4 is 10.2 Å². The van der Waals surface area contributed by atoms with Crippen molar-refractivity contribution in [3.63, 3.8) is 0 Å². The van der Waals surface area contributed by atoms with Gasteiger partial charge in [0, 0.05) is 5.69 Å². The molecule has 0 aromatic heterocycles. The van der Waals surface area contributed by atoms with Crippen LogP contribution in [0.3, 0.4) is 0 Å². The topological polar surface area (TPSA) is 15.3 Å². The molecule has 0 bridgehead atoms. The van der Waals surface area contributed by atoms with Crippen LogP contribution in [0.15, 0.2) is 194 Å². The van der Waals surface area contributed by atoms with Crippen LogP contribution in [-0.4, -0.2) is 0 Å². The maximum absolute atomic E-state index is 3.96. The summed E-state index contributed by atoms with van der Waals surface area (Å²) >= 11 is 0. The Hall–Kier alpha value is -7.16. The Kier molecular flexibility index (Phi) is 5.91. The van der Waals surface area contributed by atoms with Gasteiger partial charge in [-0.3, -0.25) is 0 Å². The fourth-order valence-electron chi connectivity index (χ4n) is 10.7. The van der Waals surface area contributed by atoms with E-state index in [0.717, 1.165) is 5.69 Å². The average Bonchev–Trinajstić information content (AvgIpc) is 3.90. The van der Waals surface area contributed by atoms with Crippen LogP contribution in [0.1, 0.15) is 34.0 Å². The van der Waals surface area contributed by atoms with Crippen molar-refractivity contribution >= 4 is 60.2 Å². The number of rotatable bonds is 2. The van der Waals surface area contributed by atoms with Gasteiger partial charge in [-0.25, -0.2) is 0 Å². The van der Waals surface area contributed by atoms with Gasteiger partial charge in [0.2, 0.25) is 0 Å². The molecule has 0 fully saturated rings. The summed E-state index contributed by atoms with van der Waals surface area (Å²) in [5.41, 5.74) is 15.0. The van der Waals surface area contributed by atoms with Crippen LogP contribution in [0.4, 0.5) is 17.1 Å². The number of nitrogens with one attached hydrogen (secondary N) is 1. The van der Waals surface area contributed by atoms with Crippen molar-refractivity contribution in [2.45, 2.75) is 11.6 Å². The zero-order chi connectivity index (χ0) is 36.5. The molecule has 0 saturated heterocycles. The average molecular weight is 711 g/mol. The van der Waals surface area contributed by atoms with Crippen molar-refractivity contribution in [2.24, 2.45) is 0 Å². The largest absolute Gasteiger partial charge is 0.359 e. The van der Waals surface area contributed by atoms with Crippen LogP contribution in [-0.2, 0) is 5.41 Å². The summed E-state index contributed by atoms with van der Waals surface area (Å²) in [6, 6.07) is 72.8. The Balaban J connectivity index is 1.09. The monoisotopic (exact) mass is 710 g/mol. The highest BCUT2D eigenvalue weighted by Crippen LogP contribution is 2.64. The molecule has 0 amide bonds. The van der Waals surface area contributed by atoms with Crippen molar-refractivity contribution in [1.29, 1.82) is 0 Å². The summed E-state index contributed by atoms with van der Waals surface area (Å²) in [6.07, 6.45) is -0.0948. The molecule has 13 rings (SSSR count). The number of anilines is 3. The van der Waals surface area contributed by atoms with Crippen molar-refractivity contribution in [3.8, 4) is 22.3 Å². The first-order valence-electron chi connectivity index (χ1n) is 19.6. The number of nitrogens with zero attached hydrogens (tertiary/aromatic N) is 1. The van der Waals surface area contributed by atoms with Gasteiger partial charge in [0.15, 0.2) is 0 Å². The molecule has 1 N–H and O–H groups in total. The second-order valence-corrected chi connectivity index (χ2v) is 15.6. The van der Waals surface area contributed by atoms with E-state index >= 15 is 0 Å². The highest BCUT2D eigenvalue weighted by atomic mass is 15.3. The minimum atomic E-state index is -0.478. The van der Waals surface area contributed by atoms with E-state index < -0.39 is 5.41 Å². The maximum Gasteiger partial charge on any atom is 0.130 e. The molecule has 0 saturated carbocycles. The fraction of sp³-hybridized carbons (Fsp3) is 0.0370. The Labute approximate surface area is 324 Å². The van der Waals surface area contributed by atoms with Crippen LogP contribution in [0.25, 0.3) is 65.3 Å². The molecule has 1 heterocycles. The number of hydrogen-bond acceptors (Lipinski definition) is 2. The predicted octanol–water partition coefficient (Wildman–Crippen LogP) is 13.9. The summed E-state index contributed by atoms with van der Waals surface area (Å²) < 4.78 is 0. The molecule has 260 valence electrons. The minimum Gasteiger partial charge on any atom is -0.359 e. The number of hydrogen-bond donors (Lipinski definition) is 1. The Morgan fingerprint density at radius 1 is 0.375 bits per heavy atom. The molecule has 0 radical (unpaired) electrons. The van der Waals surface area contributed by atoms with Gasteiger partial charge >= 0.3 is 0 Å². The highest BCUT2D eigenvalue weighted by Gasteiger charge is 2.52. The summed E-state index contributed by atoms with van der Waals surface area (Å²) in [6.45, 7) is 0. The molecule has 2 unspecified atom stereocenters. The van der Waals surface area contributed by atoms with E-state index in [4.69, 9.17) is 0 Å². The quantitative estimate of drug-likeness (QED) is 0.180. The molecule has 56 heavy (non-hydrogen) atoms. The first kappa shape index (κ1) is 30.2. The van der Waals surface area contributed by atoms with Gasteiger partial charge in [-0.05, 0) is 136 Å². The lowest BCUT2D eigenvalue weighted by Gasteiger charge is -2.32. The standard InChI is InChI=1S/C54H34N2/c1-2-14-34-29-36(27-25-33(34)13-1)56-52-24-12-11-23-51(52)55-53(56)35-26-28-43-41-19-7-9-21-47(41)54(49(43)30-35)48-22-10-8-20-42(48)46-31-44-39-17-5-3-15-37(39)38-16-4-6-18-40(38)45(44)32-50(46)54/h1-32,53,55H. The van der Waals surface area contributed by atoms with Gasteiger partial charge in [-0.15, -0.1) is 0 Å². The summed E-state index contributed by atoms with van der Waals surface area (Å²) in [5.74, 6) is 0. The van der Waals surface area contributed by atoms with Crippen molar-refractivity contribution in [2.75, 3.05) is 10.2 Å². The molecule has 2 aliphatic carbocycles. The lowest BCUT2D eigenvalue weighted by atomic mass is 9.70. The number of fused-ring (bicyclic) bond motifs is 18. The Morgan fingerprint density at radius 3 is 1.68 bits per heavy atom. The summed E-state index contributed by atoms with van der Waals surface area (Å²) in [7, 11) is 0. The van der Waals surface area contributed by atoms with E-state index in [-0.39, 0.29) is 6.17 Å². The number of para-hydroxylation sites is 2. The zero-order valence-electron chi connectivity index (χ0n) is 30.5. The fourth-order valence-corrected chi connectivity index (χ4v) is 10.7. The molecule has 3 aliphatic rings.